The number of benzene rings is 3. The Morgan fingerprint density at radius 2 is 1.71 bits per heavy atom. The Balaban J connectivity index is 1.79. The molecule has 0 atom stereocenters. The minimum Gasteiger partial charge on any atom is -0.497 e. The van der Waals surface area contributed by atoms with Crippen LogP contribution in [-0.2, 0) is 6.54 Å². The van der Waals surface area contributed by atoms with Gasteiger partial charge in [0, 0.05) is 22.3 Å². The van der Waals surface area contributed by atoms with Gasteiger partial charge in [0.15, 0.2) is 0 Å². The van der Waals surface area contributed by atoms with Crippen molar-refractivity contribution in [1.82, 2.24) is 4.98 Å². The van der Waals surface area contributed by atoms with Gasteiger partial charge >= 0.3 is 0 Å². The molecule has 0 fully saturated rings. The number of ether oxygens (including phenoxy) is 1. The zero-order valence-electron chi connectivity index (χ0n) is 17.8. The molecule has 0 saturated heterocycles. The summed E-state index contributed by atoms with van der Waals surface area (Å²) in [4.78, 5) is 30.9. The van der Waals surface area contributed by atoms with Crippen LogP contribution in [0.1, 0.15) is 27.0 Å². The first-order valence-corrected chi connectivity index (χ1v) is 10.1. The molecule has 5 heteroatoms. The first kappa shape index (κ1) is 20.4. The van der Waals surface area contributed by atoms with Gasteiger partial charge in [-0.1, -0.05) is 30.3 Å². The average Bonchev–Trinajstić information content (AvgIpc) is 2.77. The van der Waals surface area contributed by atoms with Crippen molar-refractivity contribution in [3.63, 3.8) is 0 Å². The number of amides is 1. The third-order valence-electron chi connectivity index (χ3n) is 5.28. The normalized spacial score (nSPS) is 10.8. The number of methoxy groups -OCH3 is 1. The number of fused-ring (bicyclic) bond motifs is 1. The molecule has 5 nitrogen and oxygen atoms in total. The van der Waals surface area contributed by atoms with Crippen molar-refractivity contribution in [1.29, 1.82) is 0 Å². The number of aromatic nitrogens is 1. The van der Waals surface area contributed by atoms with Crippen LogP contribution >= 0.6 is 0 Å². The van der Waals surface area contributed by atoms with E-state index in [0.29, 0.717) is 16.9 Å². The highest BCUT2D eigenvalue weighted by molar-refractivity contribution is 6.06. The summed E-state index contributed by atoms with van der Waals surface area (Å²) in [6.45, 7) is 4.11. The Morgan fingerprint density at radius 1 is 0.935 bits per heavy atom. The number of carbonyl (C=O) groups excluding carboxylic acids is 1. The van der Waals surface area contributed by atoms with Crippen molar-refractivity contribution < 1.29 is 9.53 Å². The number of nitrogens with one attached hydrogen (secondary N) is 1. The van der Waals surface area contributed by atoms with Gasteiger partial charge in [0.1, 0.15) is 5.75 Å². The molecule has 0 spiro atoms. The van der Waals surface area contributed by atoms with E-state index in [1.165, 1.54) is 0 Å². The summed E-state index contributed by atoms with van der Waals surface area (Å²) in [6.07, 6.45) is 0. The van der Waals surface area contributed by atoms with Gasteiger partial charge in [-0.2, -0.15) is 0 Å². The molecule has 1 heterocycles. The van der Waals surface area contributed by atoms with Gasteiger partial charge in [0.2, 0.25) is 0 Å². The van der Waals surface area contributed by atoms with Crippen molar-refractivity contribution in [2.75, 3.05) is 12.0 Å². The number of aryl methyl sites for hydroxylation is 2. The summed E-state index contributed by atoms with van der Waals surface area (Å²) in [5, 5.41) is 0.929. The largest absolute Gasteiger partial charge is 0.497 e. The summed E-state index contributed by atoms with van der Waals surface area (Å²) in [5.74, 6) is 0.405. The minimum absolute atomic E-state index is 0.151. The monoisotopic (exact) mass is 412 g/mol. The quantitative estimate of drug-likeness (QED) is 0.502. The predicted molar refractivity (Wildman–Crippen MR) is 124 cm³/mol. The van der Waals surface area contributed by atoms with E-state index in [-0.39, 0.29) is 18.0 Å². The van der Waals surface area contributed by atoms with Crippen molar-refractivity contribution >= 4 is 22.5 Å². The molecular weight excluding hydrogens is 388 g/mol. The lowest BCUT2D eigenvalue weighted by molar-refractivity contribution is 0.0984. The lowest BCUT2D eigenvalue weighted by Gasteiger charge is -2.23. The van der Waals surface area contributed by atoms with Crippen molar-refractivity contribution in [2.24, 2.45) is 0 Å². The number of carbonyl (C=O) groups is 1. The van der Waals surface area contributed by atoms with Gasteiger partial charge < -0.3 is 14.6 Å². The smallest absolute Gasteiger partial charge is 0.258 e. The van der Waals surface area contributed by atoms with E-state index in [4.69, 9.17) is 4.74 Å². The SMILES string of the molecule is COc1cccc(C(=O)N(Cc2cc3ccc(C)cc3[nH]c2=O)c2cccc(C)c2)c1. The van der Waals surface area contributed by atoms with Crippen LogP contribution in [0.2, 0.25) is 0 Å². The van der Waals surface area contributed by atoms with Gasteiger partial charge in [-0.15, -0.1) is 0 Å². The summed E-state index contributed by atoms with van der Waals surface area (Å²) >= 11 is 0. The average molecular weight is 412 g/mol. The Morgan fingerprint density at radius 3 is 2.48 bits per heavy atom. The Kier molecular flexibility index (Phi) is 5.58. The van der Waals surface area contributed by atoms with Crippen LogP contribution in [0.5, 0.6) is 5.75 Å². The summed E-state index contributed by atoms with van der Waals surface area (Å²) in [7, 11) is 1.57. The van der Waals surface area contributed by atoms with Crippen LogP contribution in [0, 0.1) is 13.8 Å². The molecule has 0 unspecified atom stereocenters. The van der Waals surface area contributed by atoms with Gasteiger partial charge in [-0.05, 0) is 72.8 Å². The van der Waals surface area contributed by atoms with Gasteiger partial charge in [0.25, 0.3) is 11.5 Å². The van der Waals surface area contributed by atoms with E-state index in [1.54, 1.807) is 36.3 Å². The van der Waals surface area contributed by atoms with Gasteiger partial charge in [-0.25, -0.2) is 0 Å². The maximum Gasteiger partial charge on any atom is 0.258 e. The van der Waals surface area contributed by atoms with Gasteiger partial charge in [-0.3, -0.25) is 9.59 Å². The molecule has 1 aromatic heterocycles. The van der Waals surface area contributed by atoms with Crippen LogP contribution in [0.4, 0.5) is 5.69 Å². The third kappa shape index (κ3) is 4.36. The molecule has 0 aliphatic rings. The Bertz CT molecular complexity index is 1320. The molecular formula is C26H24N2O3. The molecule has 0 aliphatic carbocycles. The molecule has 1 amide bonds. The second-order valence-corrected chi connectivity index (χ2v) is 7.68. The number of anilines is 1. The third-order valence-corrected chi connectivity index (χ3v) is 5.28. The lowest BCUT2D eigenvalue weighted by atomic mass is 10.1. The standard InChI is InChI=1S/C26H24N2O3/c1-17-6-4-8-22(12-17)28(26(30)20-7-5-9-23(15-20)31-3)16-21-14-19-11-10-18(2)13-24(19)27-25(21)29/h4-15H,16H2,1-3H3,(H,27,29). The molecule has 31 heavy (non-hydrogen) atoms. The Labute approximate surface area is 180 Å². The van der Waals surface area contributed by atoms with Crippen molar-refractivity contribution in [2.45, 2.75) is 20.4 Å². The fraction of sp³-hybridized carbons (Fsp3) is 0.154. The van der Waals surface area contributed by atoms with E-state index in [1.807, 2.05) is 62.4 Å². The van der Waals surface area contributed by atoms with Crippen LogP contribution in [0.3, 0.4) is 0 Å². The first-order valence-electron chi connectivity index (χ1n) is 10.1. The van der Waals surface area contributed by atoms with Crippen LogP contribution < -0.4 is 15.2 Å². The summed E-state index contributed by atoms with van der Waals surface area (Å²) < 4.78 is 5.28. The number of aromatic amines is 1. The van der Waals surface area contributed by atoms with E-state index in [0.717, 1.165) is 27.7 Å². The molecule has 4 aromatic rings. The summed E-state index contributed by atoms with van der Waals surface area (Å²) in [5.41, 5.74) is 4.44. The second-order valence-electron chi connectivity index (χ2n) is 7.68. The molecule has 0 radical (unpaired) electrons. The maximum absolute atomic E-state index is 13.5. The molecule has 0 aliphatic heterocycles. The van der Waals surface area contributed by atoms with Crippen LogP contribution in [0.25, 0.3) is 10.9 Å². The highest BCUT2D eigenvalue weighted by atomic mass is 16.5. The molecule has 4 rings (SSSR count). The first-order chi connectivity index (χ1) is 14.9. The maximum atomic E-state index is 13.5. The highest BCUT2D eigenvalue weighted by Crippen LogP contribution is 2.23. The topological polar surface area (TPSA) is 62.4 Å². The number of nitrogens with zero attached hydrogens (tertiary/aromatic N) is 1. The number of H-pyrrole nitrogens is 1. The number of rotatable bonds is 5. The van der Waals surface area contributed by atoms with Crippen molar-refractivity contribution in [3.8, 4) is 5.75 Å². The highest BCUT2D eigenvalue weighted by Gasteiger charge is 2.20. The number of hydrogen-bond donors (Lipinski definition) is 1. The molecule has 156 valence electrons. The zero-order valence-corrected chi connectivity index (χ0v) is 17.8. The van der Waals surface area contributed by atoms with E-state index in [2.05, 4.69) is 4.98 Å². The summed E-state index contributed by atoms with van der Waals surface area (Å²) in [6, 6.07) is 22.5. The predicted octanol–water partition coefficient (Wildman–Crippen LogP) is 5.00. The zero-order chi connectivity index (χ0) is 22.0. The molecule has 1 N–H and O–H groups in total. The minimum atomic E-state index is -0.201. The van der Waals surface area contributed by atoms with E-state index >= 15 is 0 Å². The fourth-order valence-corrected chi connectivity index (χ4v) is 3.64. The van der Waals surface area contributed by atoms with E-state index in [9.17, 15) is 9.59 Å². The van der Waals surface area contributed by atoms with Crippen LogP contribution in [0.15, 0.2) is 77.6 Å². The Hall–Kier alpha value is -3.86. The molecule has 0 saturated carbocycles. The fourth-order valence-electron chi connectivity index (χ4n) is 3.64. The number of pyridine rings is 1. The van der Waals surface area contributed by atoms with Crippen LogP contribution in [-0.4, -0.2) is 18.0 Å². The van der Waals surface area contributed by atoms with Crippen molar-refractivity contribution in [3.05, 3.63) is 105 Å². The van der Waals surface area contributed by atoms with Gasteiger partial charge in [0.05, 0.1) is 13.7 Å². The lowest BCUT2D eigenvalue weighted by Crippen LogP contribution is -2.33. The number of hydrogen-bond acceptors (Lipinski definition) is 3. The second kappa shape index (κ2) is 8.48. The molecule has 3 aromatic carbocycles. The van der Waals surface area contributed by atoms with E-state index < -0.39 is 0 Å². The molecule has 0 bridgehead atoms.